The highest BCUT2D eigenvalue weighted by Gasteiger charge is 2.43. The van der Waals surface area contributed by atoms with Crippen LogP contribution in [0.5, 0.6) is 0 Å². The summed E-state index contributed by atoms with van der Waals surface area (Å²) < 4.78 is 13.5. The molecule has 0 aromatic heterocycles. The topological polar surface area (TPSA) is 64.1 Å². The minimum atomic E-state index is -0.454. The number of amides is 2. The number of benzene rings is 2. The van der Waals surface area contributed by atoms with Gasteiger partial charge in [0, 0.05) is 37.7 Å². The minimum absolute atomic E-state index is 0.0723. The molecule has 8 heteroatoms. The standard InChI is InChI=1S/C23H23ClFN3O3/c1-15-2-7-18(14-19(15)24)28-22(30)20(16-3-5-17(25)6-4-16)21(23(28)31)27-10-8-26(9-11-27)12-13-29/h2-7,14,29H,8-13H2,1H3. The van der Waals surface area contributed by atoms with Gasteiger partial charge in [-0.25, -0.2) is 9.29 Å². The number of halogens is 2. The van der Waals surface area contributed by atoms with E-state index in [9.17, 15) is 19.1 Å². The summed E-state index contributed by atoms with van der Waals surface area (Å²) in [7, 11) is 0. The number of aliphatic hydroxyl groups is 1. The molecule has 0 saturated carbocycles. The van der Waals surface area contributed by atoms with Gasteiger partial charge in [0.05, 0.1) is 17.9 Å². The van der Waals surface area contributed by atoms with Crippen molar-refractivity contribution >= 4 is 34.7 Å². The molecular formula is C23H23ClFN3O3. The maximum absolute atomic E-state index is 13.5. The Labute approximate surface area is 185 Å². The summed E-state index contributed by atoms with van der Waals surface area (Å²) in [6.07, 6.45) is 0. The molecular weight excluding hydrogens is 421 g/mol. The Balaban J connectivity index is 1.74. The van der Waals surface area contributed by atoms with Crippen molar-refractivity contribution in [3.8, 4) is 0 Å². The fraction of sp³-hybridized carbons (Fsp3) is 0.304. The van der Waals surface area contributed by atoms with Crippen LogP contribution in [-0.4, -0.2) is 66.1 Å². The number of imide groups is 1. The highest BCUT2D eigenvalue weighted by Crippen LogP contribution is 2.36. The van der Waals surface area contributed by atoms with Gasteiger partial charge < -0.3 is 10.0 Å². The summed E-state index contributed by atoms with van der Waals surface area (Å²) in [6.45, 7) is 4.90. The van der Waals surface area contributed by atoms with Crippen LogP contribution in [0.3, 0.4) is 0 Å². The normalized spacial score (nSPS) is 17.8. The zero-order valence-corrected chi connectivity index (χ0v) is 17.9. The molecule has 2 aromatic carbocycles. The van der Waals surface area contributed by atoms with Crippen LogP contribution in [-0.2, 0) is 9.59 Å². The second-order valence-electron chi connectivity index (χ2n) is 7.66. The number of rotatable bonds is 5. The number of hydrogen-bond acceptors (Lipinski definition) is 5. The van der Waals surface area contributed by atoms with E-state index in [0.717, 1.165) is 10.5 Å². The van der Waals surface area contributed by atoms with Gasteiger partial charge in [0.25, 0.3) is 11.8 Å². The third-order valence-corrected chi connectivity index (χ3v) is 6.12. The Hall–Kier alpha value is -2.74. The lowest BCUT2D eigenvalue weighted by molar-refractivity contribution is -0.120. The maximum atomic E-state index is 13.5. The first kappa shape index (κ1) is 21.5. The Morgan fingerprint density at radius 3 is 2.29 bits per heavy atom. The van der Waals surface area contributed by atoms with Crippen LogP contribution in [0.15, 0.2) is 48.2 Å². The molecule has 0 unspecified atom stereocenters. The van der Waals surface area contributed by atoms with E-state index in [1.807, 2.05) is 11.8 Å². The zero-order valence-electron chi connectivity index (χ0n) is 17.1. The van der Waals surface area contributed by atoms with Crippen molar-refractivity contribution in [1.29, 1.82) is 0 Å². The number of hydrogen-bond donors (Lipinski definition) is 1. The second-order valence-corrected chi connectivity index (χ2v) is 8.07. The first-order valence-electron chi connectivity index (χ1n) is 10.1. The number of carbonyl (C=O) groups is 2. The molecule has 0 aliphatic carbocycles. The van der Waals surface area contributed by atoms with Gasteiger partial charge >= 0.3 is 0 Å². The van der Waals surface area contributed by atoms with Crippen molar-refractivity contribution in [2.45, 2.75) is 6.92 Å². The van der Waals surface area contributed by atoms with E-state index in [1.165, 1.54) is 24.3 Å². The van der Waals surface area contributed by atoms with Crippen LogP contribution in [0.25, 0.3) is 5.57 Å². The predicted molar refractivity (Wildman–Crippen MR) is 117 cm³/mol. The maximum Gasteiger partial charge on any atom is 0.282 e. The minimum Gasteiger partial charge on any atom is -0.395 e. The molecule has 31 heavy (non-hydrogen) atoms. The van der Waals surface area contributed by atoms with Crippen molar-refractivity contribution in [1.82, 2.24) is 9.80 Å². The third-order valence-electron chi connectivity index (χ3n) is 5.71. The molecule has 0 spiro atoms. The Morgan fingerprint density at radius 2 is 1.68 bits per heavy atom. The molecule has 4 rings (SSSR count). The van der Waals surface area contributed by atoms with Crippen molar-refractivity contribution in [3.05, 3.63) is 70.1 Å². The van der Waals surface area contributed by atoms with Crippen molar-refractivity contribution < 1.29 is 19.1 Å². The number of nitrogens with zero attached hydrogens (tertiary/aromatic N) is 3. The van der Waals surface area contributed by atoms with Gasteiger partial charge in [0.1, 0.15) is 11.5 Å². The molecule has 2 amide bonds. The number of carbonyl (C=O) groups excluding carboxylic acids is 2. The summed E-state index contributed by atoms with van der Waals surface area (Å²) in [5.74, 6) is -1.29. The van der Waals surface area contributed by atoms with Gasteiger partial charge in [-0.15, -0.1) is 0 Å². The number of aliphatic hydroxyl groups excluding tert-OH is 1. The van der Waals surface area contributed by atoms with Gasteiger partial charge in [-0.1, -0.05) is 29.8 Å². The van der Waals surface area contributed by atoms with Crippen LogP contribution in [0, 0.1) is 12.7 Å². The van der Waals surface area contributed by atoms with E-state index < -0.39 is 17.6 Å². The summed E-state index contributed by atoms with van der Waals surface area (Å²) in [5.41, 5.74) is 2.32. The fourth-order valence-electron chi connectivity index (χ4n) is 3.98. The number of piperazine rings is 1. The second kappa shape index (κ2) is 8.78. The molecule has 0 radical (unpaired) electrons. The van der Waals surface area contributed by atoms with Crippen molar-refractivity contribution in [2.24, 2.45) is 0 Å². The van der Waals surface area contributed by atoms with E-state index in [0.29, 0.717) is 54.7 Å². The van der Waals surface area contributed by atoms with Gasteiger partial charge in [0.15, 0.2) is 0 Å². The van der Waals surface area contributed by atoms with E-state index in [4.69, 9.17) is 11.6 Å². The zero-order chi connectivity index (χ0) is 22.1. The average Bonchev–Trinajstić information content (AvgIpc) is 3.02. The molecule has 1 fully saturated rings. The number of aryl methyl sites for hydroxylation is 1. The van der Waals surface area contributed by atoms with Gasteiger partial charge in [-0.2, -0.15) is 0 Å². The van der Waals surface area contributed by atoms with Crippen LogP contribution < -0.4 is 4.90 Å². The molecule has 2 heterocycles. The largest absolute Gasteiger partial charge is 0.395 e. The predicted octanol–water partition coefficient (Wildman–Crippen LogP) is 2.68. The van der Waals surface area contributed by atoms with E-state index in [1.54, 1.807) is 18.2 Å². The molecule has 2 aromatic rings. The van der Waals surface area contributed by atoms with Crippen LogP contribution >= 0.6 is 11.6 Å². The number of β-amino-alcohol motifs (C(OH)–C–C–N with tert-alkyl or cyclic N) is 1. The van der Waals surface area contributed by atoms with Gasteiger partial charge in [-0.3, -0.25) is 14.5 Å². The first-order chi connectivity index (χ1) is 14.9. The smallest absolute Gasteiger partial charge is 0.282 e. The highest BCUT2D eigenvalue weighted by molar-refractivity contribution is 6.45. The summed E-state index contributed by atoms with van der Waals surface area (Å²) in [4.78, 5) is 32.1. The SMILES string of the molecule is Cc1ccc(N2C(=O)C(c3ccc(F)cc3)=C(N3CCN(CCO)CC3)C2=O)cc1Cl. The Morgan fingerprint density at radius 1 is 1.00 bits per heavy atom. The summed E-state index contributed by atoms with van der Waals surface area (Å²) >= 11 is 6.25. The van der Waals surface area contributed by atoms with E-state index in [-0.39, 0.29) is 12.2 Å². The quantitative estimate of drug-likeness (QED) is 0.720. The molecule has 0 atom stereocenters. The average molecular weight is 444 g/mol. The van der Waals surface area contributed by atoms with E-state index >= 15 is 0 Å². The van der Waals surface area contributed by atoms with Gasteiger partial charge in [0.2, 0.25) is 0 Å². The molecule has 2 aliphatic rings. The lowest BCUT2D eigenvalue weighted by Crippen LogP contribution is -2.48. The molecule has 162 valence electrons. The molecule has 1 saturated heterocycles. The highest BCUT2D eigenvalue weighted by atomic mass is 35.5. The van der Waals surface area contributed by atoms with Crippen LogP contribution in [0.1, 0.15) is 11.1 Å². The van der Waals surface area contributed by atoms with Crippen LogP contribution in [0.4, 0.5) is 10.1 Å². The first-order valence-corrected chi connectivity index (χ1v) is 10.5. The lowest BCUT2D eigenvalue weighted by atomic mass is 10.0. The molecule has 0 bridgehead atoms. The fourth-order valence-corrected chi connectivity index (χ4v) is 4.15. The summed E-state index contributed by atoms with van der Waals surface area (Å²) in [6, 6.07) is 10.7. The number of anilines is 1. The lowest BCUT2D eigenvalue weighted by Gasteiger charge is -2.36. The Bertz CT molecular complexity index is 1050. The van der Waals surface area contributed by atoms with Crippen molar-refractivity contribution in [2.75, 3.05) is 44.2 Å². The third kappa shape index (κ3) is 4.08. The summed E-state index contributed by atoms with van der Waals surface area (Å²) in [5, 5.41) is 9.64. The Kier molecular flexibility index (Phi) is 6.09. The van der Waals surface area contributed by atoms with Gasteiger partial charge in [-0.05, 0) is 42.3 Å². The monoisotopic (exact) mass is 443 g/mol. The van der Waals surface area contributed by atoms with Crippen LogP contribution in [0.2, 0.25) is 5.02 Å². The molecule has 2 aliphatic heterocycles. The van der Waals surface area contributed by atoms with Crippen molar-refractivity contribution in [3.63, 3.8) is 0 Å². The molecule has 1 N–H and O–H groups in total. The van der Waals surface area contributed by atoms with E-state index in [2.05, 4.69) is 4.90 Å². The molecule has 6 nitrogen and oxygen atoms in total.